The smallest absolute Gasteiger partial charge is 0.180 e. The van der Waals surface area contributed by atoms with Crippen molar-refractivity contribution in [2.45, 2.75) is 27.2 Å². The summed E-state index contributed by atoms with van der Waals surface area (Å²) in [5.41, 5.74) is 1.87. The summed E-state index contributed by atoms with van der Waals surface area (Å²) in [6.07, 6.45) is 2.71. The van der Waals surface area contributed by atoms with Gasteiger partial charge in [0.2, 0.25) is 0 Å². The van der Waals surface area contributed by atoms with Gasteiger partial charge in [0, 0.05) is 24.5 Å². The molecule has 2 aromatic heterocycles. The molecule has 0 aliphatic carbocycles. The van der Waals surface area contributed by atoms with Crippen LogP contribution in [0.15, 0.2) is 30.5 Å². The third-order valence-electron chi connectivity index (χ3n) is 2.65. The van der Waals surface area contributed by atoms with Gasteiger partial charge in [-0.2, -0.15) is 0 Å². The number of nitrogens with one attached hydrogen (secondary N) is 1. The van der Waals surface area contributed by atoms with Crippen molar-refractivity contribution < 1.29 is 0 Å². The van der Waals surface area contributed by atoms with E-state index >= 15 is 0 Å². The minimum absolute atomic E-state index is 0.570. The molecule has 100 valence electrons. The molecule has 19 heavy (non-hydrogen) atoms. The summed E-state index contributed by atoms with van der Waals surface area (Å²) in [5, 5.41) is 3.25. The van der Waals surface area contributed by atoms with Gasteiger partial charge in [0.05, 0.1) is 0 Å². The van der Waals surface area contributed by atoms with Crippen molar-refractivity contribution in [3.05, 3.63) is 36.2 Å². The summed E-state index contributed by atoms with van der Waals surface area (Å²) in [5.74, 6) is 2.13. The molecule has 1 N–H and O–H groups in total. The van der Waals surface area contributed by atoms with Gasteiger partial charge in [-0.1, -0.05) is 19.9 Å². The molecule has 2 heterocycles. The van der Waals surface area contributed by atoms with Gasteiger partial charge in [-0.3, -0.25) is 4.98 Å². The van der Waals surface area contributed by atoms with E-state index in [2.05, 4.69) is 41.0 Å². The van der Waals surface area contributed by atoms with E-state index in [1.807, 2.05) is 24.3 Å². The van der Waals surface area contributed by atoms with E-state index in [0.717, 1.165) is 30.2 Å². The van der Waals surface area contributed by atoms with Crippen LogP contribution < -0.4 is 5.32 Å². The summed E-state index contributed by atoms with van der Waals surface area (Å²) in [6.45, 7) is 7.29. The van der Waals surface area contributed by atoms with Crippen LogP contribution in [-0.2, 0) is 6.42 Å². The number of pyridine rings is 1. The Balaban J connectivity index is 2.39. The Morgan fingerprint density at radius 3 is 2.68 bits per heavy atom. The Labute approximate surface area is 114 Å². The van der Waals surface area contributed by atoms with Gasteiger partial charge in [0.1, 0.15) is 11.5 Å². The fraction of sp³-hybridized carbons (Fsp3) is 0.400. The largest absolute Gasteiger partial charge is 0.370 e. The maximum atomic E-state index is 4.61. The highest BCUT2D eigenvalue weighted by Crippen LogP contribution is 2.17. The second kappa shape index (κ2) is 6.27. The van der Waals surface area contributed by atoms with Crippen molar-refractivity contribution in [2.24, 2.45) is 5.92 Å². The third kappa shape index (κ3) is 3.74. The van der Waals surface area contributed by atoms with Crippen LogP contribution in [0.4, 0.5) is 5.82 Å². The SMILES string of the molecule is CCNc1cc(CC(C)C)nc(-c2ccccn2)n1. The Bertz CT molecular complexity index is 523. The van der Waals surface area contributed by atoms with Crippen LogP contribution in [0.1, 0.15) is 26.5 Å². The molecule has 0 amide bonds. The van der Waals surface area contributed by atoms with E-state index in [9.17, 15) is 0 Å². The molecular weight excluding hydrogens is 236 g/mol. The van der Waals surface area contributed by atoms with E-state index in [1.54, 1.807) is 6.20 Å². The van der Waals surface area contributed by atoms with Crippen LogP contribution in [0.3, 0.4) is 0 Å². The van der Waals surface area contributed by atoms with E-state index in [0.29, 0.717) is 11.7 Å². The minimum atomic E-state index is 0.570. The molecule has 0 spiro atoms. The second-order valence-corrected chi connectivity index (χ2v) is 4.91. The zero-order chi connectivity index (χ0) is 13.7. The first-order chi connectivity index (χ1) is 9.19. The lowest BCUT2D eigenvalue weighted by Crippen LogP contribution is -2.06. The molecule has 0 saturated heterocycles. The second-order valence-electron chi connectivity index (χ2n) is 4.91. The van der Waals surface area contributed by atoms with Crippen molar-refractivity contribution in [1.29, 1.82) is 0 Å². The lowest BCUT2D eigenvalue weighted by atomic mass is 10.1. The molecule has 0 bridgehead atoms. The first kappa shape index (κ1) is 13.5. The number of aromatic nitrogens is 3. The van der Waals surface area contributed by atoms with Crippen molar-refractivity contribution in [3.8, 4) is 11.5 Å². The third-order valence-corrected chi connectivity index (χ3v) is 2.65. The Morgan fingerprint density at radius 1 is 1.21 bits per heavy atom. The van der Waals surface area contributed by atoms with Crippen LogP contribution in [0, 0.1) is 5.92 Å². The first-order valence-corrected chi connectivity index (χ1v) is 6.72. The minimum Gasteiger partial charge on any atom is -0.370 e. The topological polar surface area (TPSA) is 50.7 Å². The van der Waals surface area contributed by atoms with E-state index in [-0.39, 0.29) is 0 Å². The summed E-state index contributed by atoms with van der Waals surface area (Å²) < 4.78 is 0. The molecule has 0 fully saturated rings. The highest BCUT2D eigenvalue weighted by Gasteiger charge is 2.08. The molecule has 2 rings (SSSR count). The van der Waals surface area contributed by atoms with Gasteiger partial charge in [-0.25, -0.2) is 9.97 Å². The molecule has 4 heteroatoms. The van der Waals surface area contributed by atoms with Crippen molar-refractivity contribution in [3.63, 3.8) is 0 Å². The molecule has 0 atom stereocenters. The van der Waals surface area contributed by atoms with Gasteiger partial charge in [0.25, 0.3) is 0 Å². The number of nitrogens with zero attached hydrogens (tertiary/aromatic N) is 3. The fourth-order valence-corrected chi connectivity index (χ4v) is 1.90. The average molecular weight is 256 g/mol. The van der Waals surface area contributed by atoms with Crippen molar-refractivity contribution in [1.82, 2.24) is 15.0 Å². The Morgan fingerprint density at radius 2 is 2.05 bits per heavy atom. The number of hydrogen-bond donors (Lipinski definition) is 1. The van der Waals surface area contributed by atoms with Crippen LogP contribution in [-0.4, -0.2) is 21.5 Å². The monoisotopic (exact) mass is 256 g/mol. The molecule has 0 aliphatic rings. The van der Waals surface area contributed by atoms with Gasteiger partial charge < -0.3 is 5.32 Å². The van der Waals surface area contributed by atoms with E-state index in [1.165, 1.54) is 0 Å². The molecule has 0 aromatic carbocycles. The lowest BCUT2D eigenvalue weighted by molar-refractivity contribution is 0.634. The molecule has 0 saturated carbocycles. The molecule has 0 aliphatic heterocycles. The van der Waals surface area contributed by atoms with Crippen LogP contribution in [0.25, 0.3) is 11.5 Å². The van der Waals surface area contributed by atoms with Gasteiger partial charge >= 0.3 is 0 Å². The van der Waals surface area contributed by atoms with E-state index in [4.69, 9.17) is 0 Å². The quantitative estimate of drug-likeness (QED) is 0.892. The predicted octanol–water partition coefficient (Wildman–Crippen LogP) is 3.17. The average Bonchev–Trinajstić information content (AvgIpc) is 2.39. The molecule has 0 radical (unpaired) electrons. The Hall–Kier alpha value is -1.97. The van der Waals surface area contributed by atoms with Crippen molar-refractivity contribution >= 4 is 5.82 Å². The lowest BCUT2D eigenvalue weighted by Gasteiger charge is -2.10. The molecule has 0 unspecified atom stereocenters. The Kier molecular flexibility index (Phi) is 4.44. The summed E-state index contributed by atoms with van der Waals surface area (Å²) in [6, 6.07) is 7.81. The highest BCUT2D eigenvalue weighted by molar-refractivity contribution is 5.52. The predicted molar refractivity (Wildman–Crippen MR) is 78.0 cm³/mol. The summed E-state index contributed by atoms with van der Waals surface area (Å²) in [7, 11) is 0. The van der Waals surface area contributed by atoms with Gasteiger partial charge in [-0.05, 0) is 31.4 Å². The maximum absolute atomic E-state index is 4.61. The zero-order valence-corrected chi connectivity index (χ0v) is 11.7. The number of rotatable bonds is 5. The standard InChI is InChI=1S/C15H20N4/c1-4-16-14-10-12(9-11(2)3)18-15(19-14)13-7-5-6-8-17-13/h5-8,10-11H,4,9H2,1-3H3,(H,16,18,19). The maximum Gasteiger partial charge on any atom is 0.180 e. The van der Waals surface area contributed by atoms with Gasteiger partial charge in [0.15, 0.2) is 5.82 Å². The summed E-state index contributed by atoms with van der Waals surface area (Å²) in [4.78, 5) is 13.4. The summed E-state index contributed by atoms with van der Waals surface area (Å²) >= 11 is 0. The normalized spacial score (nSPS) is 10.7. The van der Waals surface area contributed by atoms with Gasteiger partial charge in [-0.15, -0.1) is 0 Å². The van der Waals surface area contributed by atoms with Crippen molar-refractivity contribution in [2.75, 3.05) is 11.9 Å². The molecule has 2 aromatic rings. The zero-order valence-electron chi connectivity index (χ0n) is 11.7. The molecular formula is C15H20N4. The van der Waals surface area contributed by atoms with Crippen LogP contribution >= 0.6 is 0 Å². The highest BCUT2D eigenvalue weighted by atomic mass is 15.0. The molecule has 4 nitrogen and oxygen atoms in total. The van der Waals surface area contributed by atoms with E-state index < -0.39 is 0 Å². The van der Waals surface area contributed by atoms with Crippen LogP contribution in [0.2, 0.25) is 0 Å². The number of anilines is 1. The van der Waals surface area contributed by atoms with Crippen LogP contribution in [0.5, 0.6) is 0 Å². The number of hydrogen-bond acceptors (Lipinski definition) is 4. The first-order valence-electron chi connectivity index (χ1n) is 6.72. The fourth-order valence-electron chi connectivity index (χ4n) is 1.90.